The van der Waals surface area contributed by atoms with Crippen LogP contribution in [0.5, 0.6) is 11.5 Å². The van der Waals surface area contributed by atoms with Crippen LogP contribution in [0.2, 0.25) is 0 Å². The van der Waals surface area contributed by atoms with Crippen molar-refractivity contribution in [2.45, 2.75) is 20.8 Å². The van der Waals surface area contributed by atoms with Crippen LogP contribution in [0.1, 0.15) is 27.4 Å². The van der Waals surface area contributed by atoms with Crippen LogP contribution in [-0.4, -0.2) is 30.1 Å². The highest BCUT2D eigenvalue weighted by Gasteiger charge is 2.13. The van der Waals surface area contributed by atoms with Gasteiger partial charge in [0.2, 0.25) is 0 Å². The van der Waals surface area contributed by atoms with Gasteiger partial charge in [-0.1, -0.05) is 6.07 Å². The fraction of sp³-hybridized carbons (Fsp3) is 0.227. The van der Waals surface area contributed by atoms with Crippen molar-refractivity contribution < 1.29 is 14.3 Å². The maximum Gasteiger partial charge on any atom is 0.274 e. The van der Waals surface area contributed by atoms with E-state index in [9.17, 15) is 4.79 Å². The van der Waals surface area contributed by atoms with Gasteiger partial charge < -0.3 is 20.1 Å². The molecule has 0 unspecified atom stereocenters. The van der Waals surface area contributed by atoms with E-state index in [1.807, 2.05) is 44.2 Å². The van der Waals surface area contributed by atoms with Crippen molar-refractivity contribution in [3.63, 3.8) is 0 Å². The number of benzene rings is 2. The molecular formula is C22H24N4O3. The molecule has 0 aliphatic heterocycles. The number of amides is 1. The van der Waals surface area contributed by atoms with Crippen LogP contribution in [0.3, 0.4) is 0 Å². The molecule has 2 N–H and O–H groups in total. The molecular weight excluding hydrogens is 368 g/mol. The van der Waals surface area contributed by atoms with Crippen molar-refractivity contribution in [3.05, 3.63) is 65.1 Å². The minimum Gasteiger partial charge on any atom is -0.497 e. The smallest absolute Gasteiger partial charge is 0.274 e. The van der Waals surface area contributed by atoms with Crippen LogP contribution in [0, 0.1) is 20.8 Å². The SMILES string of the molecule is COc1ccc(Nc2cc(C(=O)Nc3ccc(C)c(C)c3)nc(C)n2)c(OC)c1. The van der Waals surface area contributed by atoms with Crippen molar-refractivity contribution in [1.82, 2.24) is 9.97 Å². The summed E-state index contributed by atoms with van der Waals surface area (Å²) in [5, 5.41) is 6.06. The van der Waals surface area contributed by atoms with E-state index in [1.165, 1.54) is 5.56 Å². The predicted molar refractivity (Wildman–Crippen MR) is 113 cm³/mol. The summed E-state index contributed by atoms with van der Waals surface area (Å²) in [5.74, 6) is 1.95. The Kier molecular flexibility index (Phi) is 5.97. The number of rotatable bonds is 6. The normalized spacial score (nSPS) is 10.4. The van der Waals surface area contributed by atoms with Crippen molar-refractivity contribution in [1.29, 1.82) is 0 Å². The van der Waals surface area contributed by atoms with Crippen molar-refractivity contribution >= 4 is 23.1 Å². The molecule has 0 radical (unpaired) electrons. The summed E-state index contributed by atoms with van der Waals surface area (Å²) < 4.78 is 10.6. The summed E-state index contributed by atoms with van der Waals surface area (Å²) in [7, 11) is 3.17. The van der Waals surface area contributed by atoms with Gasteiger partial charge in [-0.25, -0.2) is 9.97 Å². The lowest BCUT2D eigenvalue weighted by Crippen LogP contribution is -2.15. The number of methoxy groups -OCH3 is 2. The van der Waals surface area contributed by atoms with Gasteiger partial charge in [-0.2, -0.15) is 0 Å². The van der Waals surface area contributed by atoms with E-state index in [-0.39, 0.29) is 11.6 Å². The Bertz CT molecular complexity index is 1050. The van der Waals surface area contributed by atoms with Crippen LogP contribution in [0.4, 0.5) is 17.2 Å². The number of nitrogens with zero attached hydrogens (tertiary/aromatic N) is 2. The first kappa shape index (κ1) is 20.1. The number of aryl methyl sites for hydroxylation is 3. The average molecular weight is 392 g/mol. The van der Waals surface area contributed by atoms with E-state index in [4.69, 9.17) is 9.47 Å². The van der Waals surface area contributed by atoms with E-state index in [0.29, 0.717) is 28.8 Å². The minimum absolute atomic E-state index is 0.269. The first-order chi connectivity index (χ1) is 13.9. The average Bonchev–Trinajstić information content (AvgIpc) is 2.70. The molecule has 7 heteroatoms. The third kappa shape index (κ3) is 4.82. The summed E-state index contributed by atoms with van der Waals surface area (Å²) in [5.41, 5.74) is 3.97. The molecule has 0 bridgehead atoms. The van der Waals surface area contributed by atoms with Gasteiger partial charge in [0.1, 0.15) is 28.8 Å². The number of ether oxygens (including phenoxy) is 2. The summed E-state index contributed by atoms with van der Waals surface area (Å²) in [6.45, 7) is 5.77. The van der Waals surface area contributed by atoms with Gasteiger partial charge in [0.15, 0.2) is 0 Å². The predicted octanol–water partition coefficient (Wildman–Crippen LogP) is 4.41. The van der Waals surface area contributed by atoms with Gasteiger partial charge in [0.25, 0.3) is 5.91 Å². The lowest BCUT2D eigenvalue weighted by molar-refractivity contribution is 0.102. The highest BCUT2D eigenvalue weighted by Crippen LogP contribution is 2.31. The zero-order valence-corrected chi connectivity index (χ0v) is 17.2. The molecule has 3 rings (SSSR count). The van der Waals surface area contributed by atoms with Gasteiger partial charge >= 0.3 is 0 Å². The summed E-state index contributed by atoms with van der Waals surface area (Å²) in [6.07, 6.45) is 0. The quantitative estimate of drug-likeness (QED) is 0.646. The lowest BCUT2D eigenvalue weighted by Gasteiger charge is -2.13. The number of hydrogen-bond acceptors (Lipinski definition) is 6. The van der Waals surface area contributed by atoms with Crippen LogP contribution in [-0.2, 0) is 0 Å². The lowest BCUT2D eigenvalue weighted by atomic mass is 10.1. The number of hydrogen-bond donors (Lipinski definition) is 2. The number of anilines is 3. The second-order valence-electron chi connectivity index (χ2n) is 6.63. The van der Waals surface area contributed by atoms with Crippen LogP contribution < -0.4 is 20.1 Å². The van der Waals surface area contributed by atoms with E-state index < -0.39 is 0 Å². The molecule has 7 nitrogen and oxygen atoms in total. The van der Waals surface area contributed by atoms with E-state index in [1.54, 1.807) is 33.3 Å². The molecule has 0 saturated carbocycles. The fourth-order valence-electron chi connectivity index (χ4n) is 2.80. The highest BCUT2D eigenvalue weighted by molar-refractivity contribution is 6.03. The molecule has 3 aromatic rings. The fourth-order valence-corrected chi connectivity index (χ4v) is 2.80. The molecule has 29 heavy (non-hydrogen) atoms. The molecule has 0 atom stereocenters. The monoisotopic (exact) mass is 392 g/mol. The van der Waals surface area contributed by atoms with Gasteiger partial charge in [-0.05, 0) is 56.2 Å². The van der Waals surface area contributed by atoms with Gasteiger partial charge in [0.05, 0.1) is 19.9 Å². The van der Waals surface area contributed by atoms with Crippen LogP contribution in [0.25, 0.3) is 0 Å². The molecule has 150 valence electrons. The second-order valence-corrected chi connectivity index (χ2v) is 6.63. The van der Waals surface area contributed by atoms with Crippen LogP contribution in [0.15, 0.2) is 42.5 Å². The zero-order valence-electron chi connectivity index (χ0n) is 17.2. The molecule has 1 heterocycles. The number of nitrogens with one attached hydrogen (secondary N) is 2. The molecule has 0 saturated heterocycles. The number of aromatic nitrogens is 2. The van der Waals surface area contributed by atoms with E-state index >= 15 is 0 Å². The van der Waals surface area contributed by atoms with Crippen molar-refractivity contribution in [2.75, 3.05) is 24.9 Å². The van der Waals surface area contributed by atoms with Gasteiger partial charge in [-0.15, -0.1) is 0 Å². The highest BCUT2D eigenvalue weighted by atomic mass is 16.5. The van der Waals surface area contributed by atoms with E-state index in [2.05, 4.69) is 20.6 Å². The molecule has 0 fully saturated rings. The Balaban J connectivity index is 1.84. The Labute approximate surface area is 170 Å². The van der Waals surface area contributed by atoms with Crippen molar-refractivity contribution in [2.24, 2.45) is 0 Å². The Morgan fingerprint density at radius 2 is 1.69 bits per heavy atom. The Morgan fingerprint density at radius 1 is 0.897 bits per heavy atom. The summed E-state index contributed by atoms with van der Waals surface area (Å²) in [4.78, 5) is 21.3. The molecule has 1 amide bonds. The Hall–Kier alpha value is -3.61. The van der Waals surface area contributed by atoms with Gasteiger partial charge in [-0.3, -0.25) is 4.79 Å². The topological polar surface area (TPSA) is 85.4 Å². The molecule has 0 aliphatic carbocycles. The molecule has 0 aliphatic rings. The minimum atomic E-state index is -0.302. The maximum atomic E-state index is 12.7. The third-order valence-corrected chi connectivity index (χ3v) is 4.51. The Morgan fingerprint density at radius 3 is 2.38 bits per heavy atom. The van der Waals surface area contributed by atoms with Gasteiger partial charge in [0, 0.05) is 17.8 Å². The first-order valence-corrected chi connectivity index (χ1v) is 9.13. The largest absolute Gasteiger partial charge is 0.497 e. The maximum absolute atomic E-state index is 12.7. The first-order valence-electron chi connectivity index (χ1n) is 9.13. The second kappa shape index (κ2) is 8.60. The molecule has 0 spiro atoms. The molecule has 1 aromatic heterocycles. The zero-order chi connectivity index (χ0) is 21.0. The summed E-state index contributed by atoms with van der Waals surface area (Å²) in [6, 6.07) is 12.8. The summed E-state index contributed by atoms with van der Waals surface area (Å²) >= 11 is 0. The number of carbonyl (C=O) groups excluding carboxylic acids is 1. The van der Waals surface area contributed by atoms with E-state index in [0.717, 1.165) is 11.3 Å². The third-order valence-electron chi connectivity index (χ3n) is 4.51. The van der Waals surface area contributed by atoms with Crippen molar-refractivity contribution in [3.8, 4) is 11.5 Å². The van der Waals surface area contributed by atoms with Crippen LogP contribution >= 0.6 is 0 Å². The number of carbonyl (C=O) groups is 1. The standard InChI is InChI=1S/C22H24N4O3/c1-13-6-7-16(10-14(13)2)25-22(27)19-12-21(24-15(3)23-19)26-18-9-8-17(28-4)11-20(18)29-5/h6-12H,1-5H3,(H,25,27)(H,23,24,26). The molecule has 2 aromatic carbocycles.